The molecule has 6 rings (SSSR count). The summed E-state index contributed by atoms with van der Waals surface area (Å²) >= 11 is 0. The second-order valence-corrected chi connectivity index (χ2v) is 9.61. The molecule has 11 heteroatoms. The monoisotopic (exact) mass is 535 g/mol. The van der Waals surface area contributed by atoms with Crippen molar-refractivity contribution in [3.05, 3.63) is 82.9 Å². The molecule has 11 nitrogen and oxygen atoms in total. The van der Waals surface area contributed by atoms with Crippen molar-refractivity contribution < 1.29 is 49.0 Å². The van der Waals surface area contributed by atoms with Crippen molar-refractivity contribution in [3.8, 4) is 23.0 Å². The molecule has 0 aliphatic carbocycles. The van der Waals surface area contributed by atoms with Crippen molar-refractivity contribution in [2.24, 2.45) is 0 Å². The number of hydrogen-bond acceptors (Lipinski definition) is 10. The van der Waals surface area contributed by atoms with Gasteiger partial charge in [0.25, 0.3) is 0 Å². The van der Waals surface area contributed by atoms with Crippen molar-refractivity contribution in [2.45, 2.75) is 43.2 Å². The zero-order chi connectivity index (χ0) is 27.5. The van der Waals surface area contributed by atoms with Crippen LogP contribution in [0.4, 0.5) is 0 Å². The lowest BCUT2D eigenvalue weighted by atomic mass is 9.77. The van der Waals surface area contributed by atoms with E-state index in [4.69, 9.17) is 18.9 Å². The number of carbonyl (C=O) groups excluding carboxylic acids is 2. The van der Waals surface area contributed by atoms with Gasteiger partial charge in [0.2, 0.25) is 12.2 Å². The molecule has 0 saturated carbocycles. The van der Waals surface area contributed by atoms with Gasteiger partial charge in [0.05, 0.1) is 12.2 Å². The highest BCUT2D eigenvalue weighted by molar-refractivity contribution is 5.97. The van der Waals surface area contributed by atoms with Crippen molar-refractivity contribution >= 4 is 11.9 Å². The largest absolute Gasteiger partial charge is 0.508 e. The highest BCUT2D eigenvalue weighted by Crippen LogP contribution is 2.57. The van der Waals surface area contributed by atoms with E-state index in [1.165, 1.54) is 25.1 Å². The van der Waals surface area contributed by atoms with Crippen LogP contribution in [-0.4, -0.2) is 69.6 Å². The number of fused-ring (bicyclic) bond motifs is 6. The molecule has 1 saturated heterocycles. The molecule has 1 spiro atoms. The molecule has 3 aromatic rings. The van der Waals surface area contributed by atoms with E-state index in [1.807, 2.05) is 0 Å². The second-order valence-electron chi connectivity index (χ2n) is 9.61. The van der Waals surface area contributed by atoms with Crippen LogP contribution in [0, 0.1) is 0 Å². The SMILES string of the molecule is CC(=O)N[C@H]1[C@H](Oc2ccc3c(c2)Oc2cc(O)ccc2[C@]32OC(=O)c3ccccc32)O[C@H](CO)[C@@H](O)[C@@H]1O. The molecule has 0 aromatic heterocycles. The van der Waals surface area contributed by atoms with Crippen molar-refractivity contribution in [2.75, 3.05) is 6.61 Å². The van der Waals surface area contributed by atoms with E-state index in [-0.39, 0.29) is 23.0 Å². The van der Waals surface area contributed by atoms with E-state index in [0.29, 0.717) is 22.3 Å². The van der Waals surface area contributed by atoms with E-state index < -0.39 is 54.7 Å². The molecule has 1 amide bonds. The smallest absolute Gasteiger partial charge is 0.340 e. The zero-order valence-corrected chi connectivity index (χ0v) is 20.6. The molecule has 3 aliphatic rings. The van der Waals surface area contributed by atoms with Gasteiger partial charge < -0.3 is 44.7 Å². The minimum atomic E-state index is -1.48. The van der Waals surface area contributed by atoms with Gasteiger partial charge in [-0.1, -0.05) is 18.2 Å². The van der Waals surface area contributed by atoms with Crippen LogP contribution in [0.3, 0.4) is 0 Å². The Morgan fingerprint density at radius 1 is 1.00 bits per heavy atom. The third-order valence-corrected chi connectivity index (χ3v) is 7.17. The molecule has 0 radical (unpaired) electrons. The van der Waals surface area contributed by atoms with Crippen LogP contribution in [0.1, 0.15) is 34.0 Å². The van der Waals surface area contributed by atoms with Gasteiger partial charge in [0.1, 0.15) is 47.4 Å². The predicted molar refractivity (Wildman–Crippen MR) is 132 cm³/mol. The average Bonchev–Trinajstić information content (AvgIpc) is 3.20. The minimum Gasteiger partial charge on any atom is -0.508 e. The number of amides is 1. The fourth-order valence-corrected chi connectivity index (χ4v) is 5.42. The van der Waals surface area contributed by atoms with Crippen LogP contribution >= 0.6 is 0 Å². The van der Waals surface area contributed by atoms with E-state index in [2.05, 4.69) is 5.32 Å². The van der Waals surface area contributed by atoms with Crippen LogP contribution in [0.5, 0.6) is 23.0 Å². The molecule has 3 heterocycles. The Bertz CT molecular complexity index is 1470. The fraction of sp³-hybridized carbons (Fsp3) is 0.286. The Morgan fingerprint density at radius 2 is 1.72 bits per heavy atom. The highest BCUT2D eigenvalue weighted by atomic mass is 16.7. The lowest BCUT2D eigenvalue weighted by Crippen LogP contribution is -2.65. The molecule has 202 valence electrons. The highest BCUT2D eigenvalue weighted by Gasteiger charge is 2.53. The number of carbonyl (C=O) groups is 2. The summed E-state index contributed by atoms with van der Waals surface area (Å²) in [6, 6.07) is 15.2. The number of phenolic OH excluding ortho intramolecular Hbond substituents is 1. The van der Waals surface area contributed by atoms with Gasteiger partial charge in [-0.05, 0) is 30.3 Å². The Kier molecular flexibility index (Phi) is 5.96. The van der Waals surface area contributed by atoms with Crippen LogP contribution in [0.15, 0.2) is 60.7 Å². The topological polar surface area (TPSA) is 164 Å². The number of aliphatic hydroxyl groups excluding tert-OH is 3. The number of hydrogen-bond donors (Lipinski definition) is 5. The number of phenols is 1. The normalized spacial score (nSPS) is 28.5. The summed E-state index contributed by atoms with van der Waals surface area (Å²) in [5, 5.41) is 43.1. The van der Waals surface area contributed by atoms with Crippen LogP contribution in [0.2, 0.25) is 0 Å². The van der Waals surface area contributed by atoms with E-state index in [1.54, 1.807) is 42.5 Å². The Morgan fingerprint density at radius 3 is 2.46 bits per heavy atom. The fourth-order valence-electron chi connectivity index (χ4n) is 5.42. The first kappa shape index (κ1) is 25.1. The third kappa shape index (κ3) is 3.90. The minimum absolute atomic E-state index is 0.0475. The van der Waals surface area contributed by atoms with Gasteiger partial charge >= 0.3 is 5.97 Å². The Labute approximate surface area is 222 Å². The number of rotatable bonds is 4. The van der Waals surface area contributed by atoms with Gasteiger partial charge in [0, 0.05) is 35.7 Å². The molecule has 0 unspecified atom stereocenters. The first-order chi connectivity index (χ1) is 18.7. The molecule has 39 heavy (non-hydrogen) atoms. The van der Waals surface area contributed by atoms with Crippen molar-refractivity contribution in [3.63, 3.8) is 0 Å². The lowest BCUT2D eigenvalue weighted by Gasteiger charge is -2.42. The average molecular weight is 536 g/mol. The molecule has 0 bridgehead atoms. The van der Waals surface area contributed by atoms with Crippen LogP contribution in [-0.2, 0) is 19.9 Å². The van der Waals surface area contributed by atoms with Crippen LogP contribution < -0.4 is 14.8 Å². The van der Waals surface area contributed by atoms with Gasteiger partial charge in [-0.25, -0.2) is 4.79 Å². The maximum absolute atomic E-state index is 12.9. The number of aliphatic hydroxyl groups is 3. The summed E-state index contributed by atoms with van der Waals surface area (Å²) in [6.07, 6.45) is -5.37. The van der Waals surface area contributed by atoms with E-state index >= 15 is 0 Å². The first-order valence-corrected chi connectivity index (χ1v) is 12.3. The van der Waals surface area contributed by atoms with E-state index in [9.17, 15) is 30.0 Å². The summed E-state index contributed by atoms with van der Waals surface area (Å²) in [4.78, 5) is 24.7. The summed E-state index contributed by atoms with van der Waals surface area (Å²) < 4.78 is 23.8. The predicted octanol–water partition coefficient (Wildman–Crippen LogP) is 1.28. The molecule has 6 atom stereocenters. The number of nitrogens with one attached hydrogen (secondary N) is 1. The maximum atomic E-state index is 12.9. The van der Waals surface area contributed by atoms with E-state index in [0.717, 1.165) is 0 Å². The first-order valence-electron chi connectivity index (χ1n) is 12.3. The summed E-state index contributed by atoms with van der Waals surface area (Å²) in [5.41, 5.74) is 0.720. The number of ether oxygens (including phenoxy) is 4. The standard InChI is InChI=1S/C28H25NO10/c1-13(31)29-23-25(34)24(33)22(12-30)38-27(23)36-15-7-9-19-21(11-15)37-20-10-14(32)6-8-18(20)28(19)17-5-3-2-4-16(17)26(35)39-28/h2-11,22-25,27,30,32-34H,12H2,1H3,(H,29,31)/t22-,23-,24-,25-,27-,28+/m1/s1. The molecule has 5 N–H and O–H groups in total. The van der Waals surface area contributed by atoms with Crippen LogP contribution in [0.25, 0.3) is 0 Å². The summed E-state index contributed by atoms with van der Waals surface area (Å²) in [5.74, 6) is -0.303. The quantitative estimate of drug-likeness (QED) is 0.308. The molecule has 3 aliphatic heterocycles. The van der Waals surface area contributed by atoms with Gasteiger partial charge in [-0.15, -0.1) is 0 Å². The van der Waals surface area contributed by atoms with Crippen molar-refractivity contribution in [1.29, 1.82) is 0 Å². The second kappa shape index (κ2) is 9.24. The summed E-state index contributed by atoms with van der Waals surface area (Å²) in [6.45, 7) is 0.653. The Hall–Kier alpha value is -4.16. The maximum Gasteiger partial charge on any atom is 0.340 e. The zero-order valence-electron chi connectivity index (χ0n) is 20.6. The number of esters is 1. The Balaban J connectivity index is 1.42. The number of aromatic hydroxyl groups is 1. The molecular weight excluding hydrogens is 510 g/mol. The summed E-state index contributed by atoms with van der Waals surface area (Å²) in [7, 11) is 0. The van der Waals surface area contributed by atoms with Crippen molar-refractivity contribution in [1.82, 2.24) is 5.32 Å². The lowest BCUT2D eigenvalue weighted by molar-refractivity contribution is -0.244. The number of benzene rings is 3. The third-order valence-electron chi connectivity index (χ3n) is 7.17. The van der Waals surface area contributed by atoms with Gasteiger partial charge in [-0.3, -0.25) is 4.79 Å². The van der Waals surface area contributed by atoms with Gasteiger partial charge in [-0.2, -0.15) is 0 Å². The molecule has 1 fully saturated rings. The van der Waals surface area contributed by atoms with Gasteiger partial charge in [0.15, 0.2) is 5.60 Å². The molecule has 3 aromatic carbocycles. The molecular formula is C28H25NO10.